The number of benzene rings is 3. The molecule has 0 saturated heterocycles. The summed E-state index contributed by atoms with van der Waals surface area (Å²) in [5.41, 5.74) is 7.89. The number of aromatic amines is 1. The fourth-order valence-corrected chi connectivity index (χ4v) is 4.03. The number of Topliss-reactive ketones (excluding diaryl/α,β-unsaturated/α-hetero) is 1. The molecule has 0 aliphatic heterocycles. The molecule has 38 heavy (non-hydrogen) atoms. The number of aromatic nitrogens is 1. The van der Waals surface area contributed by atoms with E-state index in [0.717, 1.165) is 11.1 Å². The molecule has 1 heterocycles. The number of ketones is 1. The number of rotatable bonds is 9. The smallest absolute Gasteiger partial charge is 0.251 e. The number of nitrogens with one attached hydrogen (secondary N) is 3. The van der Waals surface area contributed by atoms with E-state index in [-0.39, 0.29) is 29.6 Å². The number of fused-ring (bicyclic) bond motifs is 1. The van der Waals surface area contributed by atoms with Crippen LogP contribution in [0.15, 0.2) is 83.8 Å². The third-order valence-corrected chi connectivity index (χ3v) is 6.08. The molecule has 0 bridgehead atoms. The second-order valence-electron chi connectivity index (χ2n) is 8.81. The molecule has 192 valence electrons. The highest BCUT2D eigenvalue weighted by Gasteiger charge is 2.23. The summed E-state index contributed by atoms with van der Waals surface area (Å²) in [6, 6.07) is 20.2. The van der Waals surface area contributed by atoms with Crippen molar-refractivity contribution in [1.29, 1.82) is 0 Å². The zero-order valence-electron chi connectivity index (χ0n) is 20.6. The molecular weight excluding hydrogens is 484 g/mol. The van der Waals surface area contributed by atoms with Crippen LogP contribution in [0.4, 0.5) is 5.69 Å². The Labute approximate surface area is 218 Å². The van der Waals surface area contributed by atoms with Gasteiger partial charge in [0.25, 0.3) is 5.91 Å². The van der Waals surface area contributed by atoms with Gasteiger partial charge in [0.05, 0.1) is 5.56 Å². The minimum atomic E-state index is -1.07. The van der Waals surface area contributed by atoms with Crippen LogP contribution in [-0.2, 0) is 9.59 Å². The Balaban J connectivity index is 1.53. The first-order valence-corrected chi connectivity index (χ1v) is 11.9. The maximum atomic E-state index is 13.1. The highest BCUT2D eigenvalue weighted by atomic mass is 16.2. The van der Waals surface area contributed by atoms with E-state index in [1.165, 1.54) is 19.2 Å². The first-order valence-electron chi connectivity index (χ1n) is 11.9. The maximum absolute atomic E-state index is 13.1. The van der Waals surface area contributed by atoms with E-state index in [1.807, 2.05) is 42.5 Å². The van der Waals surface area contributed by atoms with Crippen molar-refractivity contribution in [3.8, 4) is 11.1 Å². The first-order chi connectivity index (χ1) is 18.2. The molecule has 1 aromatic heterocycles. The number of primary amides is 1. The zero-order valence-corrected chi connectivity index (χ0v) is 20.6. The molecule has 0 fully saturated rings. The second kappa shape index (κ2) is 11.3. The normalized spacial score (nSPS) is 11.5. The maximum Gasteiger partial charge on any atom is 0.251 e. The van der Waals surface area contributed by atoms with Crippen LogP contribution in [0.2, 0.25) is 0 Å². The van der Waals surface area contributed by atoms with Crippen molar-refractivity contribution in [3.63, 3.8) is 0 Å². The van der Waals surface area contributed by atoms with Gasteiger partial charge in [-0.05, 0) is 54.8 Å². The van der Waals surface area contributed by atoms with Gasteiger partial charge < -0.3 is 21.4 Å². The summed E-state index contributed by atoms with van der Waals surface area (Å²) in [4.78, 5) is 64.7. The fourth-order valence-electron chi connectivity index (χ4n) is 4.03. The number of amides is 3. The number of hydrogen-bond donors (Lipinski definition) is 4. The Bertz CT molecular complexity index is 1580. The number of pyridine rings is 1. The van der Waals surface area contributed by atoms with Crippen LogP contribution in [-0.4, -0.2) is 34.5 Å². The van der Waals surface area contributed by atoms with Gasteiger partial charge in [-0.2, -0.15) is 0 Å². The highest BCUT2D eigenvalue weighted by molar-refractivity contribution is 6.03. The fraction of sp³-hybridized carbons (Fsp3) is 0.138. The Morgan fingerprint density at radius 1 is 0.921 bits per heavy atom. The predicted octanol–water partition coefficient (Wildman–Crippen LogP) is 3.40. The Morgan fingerprint density at radius 3 is 2.26 bits per heavy atom. The van der Waals surface area contributed by atoms with Gasteiger partial charge in [0, 0.05) is 34.8 Å². The minimum absolute atomic E-state index is 0.00542. The summed E-state index contributed by atoms with van der Waals surface area (Å²) in [5, 5.41) is 5.58. The van der Waals surface area contributed by atoms with Gasteiger partial charge in [-0.3, -0.25) is 24.0 Å². The lowest BCUT2D eigenvalue weighted by Gasteiger charge is -2.18. The van der Waals surface area contributed by atoms with Gasteiger partial charge in [0.2, 0.25) is 11.8 Å². The Kier molecular flexibility index (Phi) is 7.77. The number of carbonyl (C=O) groups is 4. The molecule has 0 radical (unpaired) electrons. The number of nitrogens with two attached hydrogens (primary N) is 1. The SMILES string of the molecule is CC(=O)c1c[nH]c2ccc(NC(=O)[C@H](CCC(N)=O)NC(=O)c3ccc(-c4ccccc4)cc3)cc2c1=O. The number of H-pyrrole nitrogens is 1. The lowest BCUT2D eigenvalue weighted by Crippen LogP contribution is -2.44. The van der Waals surface area contributed by atoms with Crippen molar-refractivity contribution >= 4 is 40.1 Å². The molecule has 5 N–H and O–H groups in total. The van der Waals surface area contributed by atoms with E-state index in [2.05, 4.69) is 15.6 Å². The number of anilines is 1. The van der Waals surface area contributed by atoms with E-state index >= 15 is 0 Å². The molecule has 1 atom stereocenters. The zero-order chi connectivity index (χ0) is 27.2. The van der Waals surface area contributed by atoms with Gasteiger partial charge >= 0.3 is 0 Å². The topological polar surface area (TPSA) is 151 Å². The van der Waals surface area contributed by atoms with Crippen molar-refractivity contribution < 1.29 is 19.2 Å². The van der Waals surface area contributed by atoms with E-state index < -0.39 is 29.2 Å². The van der Waals surface area contributed by atoms with Crippen LogP contribution in [0.25, 0.3) is 22.0 Å². The molecule has 0 aliphatic rings. The third kappa shape index (κ3) is 6.01. The standard InChI is InChI=1S/C29H26N4O5/c1-17(34)23-16-31-24-12-11-21(15-22(24)27(23)36)32-29(38)25(13-14-26(30)35)33-28(37)20-9-7-19(8-10-20)18-5-3-2-4-6-18/h2-12,15-16,25H,13-14H2,1H3,(H2,30,35)(H,31,36)(H,32,38)(H,33,37)/t25-/m0/s1. The van der Waals surface area contributed by atoms with Crippen LogP contribution in [0, 0.1) is 0 Å². The molecule has 9 heteroatoms. The van der Waals surface area contributed by atoms with Crippen LogP contribution in [0.1, 0.15) is 40.5 Å². The largest absolute Gasteiger partial charge is 0.370 e. The molecule has 0 spiro atoms. The number of hydrogen-bond acceptors (Lipinski definition) is 5. The van der Waals surface area contributed by atoms with Crippen LogP contribution in [0.5, 0.6) is 0 Å². The lowest BCUT2D eigenvalue weighted by atomic mass is 10.0. The molecular formula is C29H26N4O5. The van der Waals surface area contributed by atoms with Gasteiger partial charge in [-0.15, -0.1) is 0 Å². The van der Waals surface area contributed by atoms with Crippen molar-refractivity contribution in [2.45, 2.75) is 25.8 Å². The van der Waals surface area contributed by atoms with Gasteiger partial charge in [0.15, 0.2) is 11.2 Å². The molecule has 0 unspecified atom stereocenters. The van der Waals surface area contributed by atoms with E-state index in [0.29, 0.717) is 16.8 Å². The lowest BCUT2D eigenvalue weighted by molar-refractivity contribution is -0.119. The monoisotopic (exact) mass is 510 g/mol. The molecule has 0 saturated carbocycles. The van der Waals surface area contributed by atoms with Crippen molar-refractivity contribution in [3.05, 3.63) is 100 Å². The molecule has 4 aromatic rings. The summed E-state index contributed by atoms with van der Waals surface area (Å²) >= 11 is 0. The molecule has 0 aliphatic carbocycles. The van der Waals surface area contributed by atoms with Crippen LogP contribution < -0.4 is 21.8 Å². The minimum Gasteiger partial charge on any atom is -0.370 e. The van der Waals surface area contributed by atoms with Crippen molar-refractivity contribution in [2.24, 2.45) is 5.73 Å². The summed E-state index contributed by atoms with van der Waals surface area (Å²) in [7, 11) is 0. The molecule has 9 nitrogen and oxygen atoms in total. The molecule has 4 rings (SSSR count). The average molecular weight is 511 g/mol. The Morgan fingerprint density at radius 2 is 1.61 bits per heavy atom. The first kappa shape index (κ1) is 26.0. The molecule has 3 aromatic carbocycles. The van der Waals surface area contributed by atoms with E-state index in [9.17, 15) is 24.0 Å². The van der Waals surface area contributed by atoms with Crippen molar-refractivity contribution in [1.82, 2.24) is 10.3 Å². The summed E-state index contributed by atoms with van der Waals surface area (Å²) in [5.74, 6) is -2.07. The predicted molar refractivity (Wildman–Crippen MR) is 145 cm³/mol. The van der Waals surface area contributed by atoms with Crippen molar-refractivity contribution in [2.75, 3.05) is 5.32 Å². The average Bonchev–Trinajstić information content (AvgIpc) is 2.91. The Hall–Kier alpha value is -5.05. The highest BCUT2D eigenvalue weighted by Crippen LogP contribution is 2.20. The quantitative estimate of drug-likeness (QED) is 0.254. The van der Waals surface area contributed by atoms with Gasteiger partial charge in [-0.1, -0.05) is 42.5 Å². The third-order valence-electron chi connectivity index (χ3n) is 6.08. The summed E-state index contributed by atoms with van der Waals surface area (Å²) in [6.45, 7) is 1.29. The molecule has 3 amide bonds. The summed E-state index contributed by atoms with van der Waals surface area (Å²) in [6.07, 6.45) is 1.22. The second-order valence-corrected chi connectivity index (χ2v) is 8.81. The van der Waals surface area contributed by atoms with Gasteiger partial charge in [-0.25, -0.2) is 0 Å². The van der Waals surface area contributed by atoms with Crippen LogP contribution >= 0.6 is 0 Å². The van der Waals surface area contributed by atoms with E-state index in [1.54, 1.807) is 24.3 Å². The number of carbonyl (C=O) groups excluding carboxylic acids is 4. The van der Waals surface area contributed by atoms with Crippen LogP contribution in [0.3, 0.4) is 0 Å². The van der Waals surface area contributed by atoms with E-state index in [4.69, 9.17) is 5.73 Å². The summed E-state index contributed by atoms with van der Waals surface area (Å²) < 4.78 is 0. The van der Waals surface area contributed by atoms with Gasteiger partial charge in [0.1, 0.15) is 6.04 Å².